The molecule has 7 nitrogen and oxygen atoms in total. The summed E-state index contributed by atoms with van der Waals surface area (Å²) in [5.74, 6) is 2.22. The van der Waals surface area contributed by atoms with Gasteiger partial charge in [-0.1, -0.05) is 12.1 Å². The Balaban J connectivity index is 2.14. The second-order valence-corrected chi connectivity index (χ2v) is 5.36. The van der Waals surface area contributed by atoms with E-state index < -0.39 is 4.92 Å². The number of hydrogen-bond acceptors (Lipinski definition) is 6. The van der Waals surface area contributed by atoms with Gasteiger partial charge in [-0.05, 0) is 18.2 Å². The number of hydrogen-bond donors (Lipinski definition) is 0. The lowest BCUT2D eigenvalue weighted by atomic mass is 10.0. The number of allylic oxidation sites excluding steroid dienone is 1. The number of fused-ring (bicyclic) bond motifs is 1. The van der Waals surface area contributed by atoms with Gasteiger partial charge < -0.3 is 18.9 Å². The van der Waals surface area contributed by atoms with Crippen molar-refractivity contribution < 1.29 is 23.9 Å². The minimum atomic E-state index is -0.427. The highest BCUT2D eigenvalue weighted by Crippen LogP contribution is 2.43. The minimum absolute atomic E-state index is 0.0314. The van der Waals surface area contributed by atoms with Gasteiger partial charge in [0.2, 0.25) is 5.76 Å². The van der Waals surface area contributed by atoms with Crippen molar-refractivity contribution in [2.45, 2.75) is 6.42 Å². The Morgan fingerprint density at radius 1 is 1.04 bits per heavy atom. The van der Waals surface area contributed by atoms with Crippen LogP contribution in [0.25, 0.3) is 5.76 Å². The molecule has 3 rings (SSSR count). The molecule has 0 amide bonds. The van der Waals surface area contributed by atoms with Gasteiger partial charge in [0.15, 0.2) is 11.5 Å². The molecular formula is C18H17NO6. The summed E-state index contributed by atoms with van der Waals surface area (Å²) in [6.07, 6.45) is 0.0996. The Morgan fingerprint density at radius 2 is 1.80 bits per heavy atom. The van der Waals surface area contributed by atoms with E-state index in [1.54, 1.807) is 36.4 Å². The normalized spacial score (nSPS) is 12.9. The Morgan fingerprint density at radius 3 is 2.44 bits per heavy atom. The molecule has 0 aromatic heterocycles. The molecule has 25 heavy (non-hydrogen) atoms. The van der Waals surface area contributed by atoms with Gasteiger partial charge in [0, 0.05) is 17.2 Å². The van der Waals surface area contributed by atoms with E-state index in [0.717, 1.165) is 0 Å². The molecule has 0 radical (unpaired) electrons. The van der Waals surface area contributed by atoms with Crippen LogP contribution in [-0.2, 0) is 6.42 Å². The van der Waals surface area contributed by atoms with Gasteiger partial charge in [-0.2, -0.15) is 0 Å². The third-order valence-corrected chi connectivity index (χ3v) is 3.94. The SMILES string of the molecule is COc1cccc(C2=C([N+](=O)[O-])Cc3cc(OC)cc(OC)c3O2)c1. The van der Waals surface area contributed by atoms with Crippen LogP contribution in [0.2, 0.25) is 0 Å². The van der Waals surface area contributed by atoms with Crippen LogP contribution >= 0.6 is 0 Å². The van der Waals surface area contributed by atoms with Gasteiger partial charge in [-0.3, -0.25) is 10.1 Å². The number of methoxy groups -OCH3 is 3. The predicted octanol–water partition coefficient (Wildman–Crippen LogP) is 3.29. The zero-order valence-corrected chi connectivity index (χ0v) is 14.1. The molecule has 0 spiro atoms. The molecule has 0 N–H and O–H groups in total. The molecule has 1 heterocycles. The van der Waals surface area contributed by atoms with Gasteiger partial charge in [0.25, 0.3) is 5.70 Å². The number of nitro groups is 1. The molecule has 130 valence electrons. The van der Waals surface area contributed by atoms with Crippen molar-refractivity contribution in [1.82, 2.24) is 0 Å². The van der Waals surface area contributed by atoms with Crippen LogP contribution in [-0.4, -0.2) is 26.3 Å². The maximum atomic E-state index is 11.6. The summed E-state index contributed by atoms with van der Waals surface area (Å²) >= 11 is 0. The maximum absolute atomic E-state index is 11.6. The highest BCUT2D eigenvalue weighted by atomic mass is 16.6. The Bertz CT molecular complexity index is 859. The second-order valence-electron chi connectivity index (χ2n) is 5.36. The Kier molecular flexibility index (Phi) is 4.47. The highest BCUT2D eigenvalue weighted by Gasteiger charge is 2.32. The molecule has 1 aliphatic rings. The molecule has 2 aromatic carbocycles. The molecule has 2 aromatic rings. The van der Waals surface area contributed by atoms with E-state index in [0.29, 0.717) is 34.1 Å². The maximum Gasteiger partial charge on any atom is 0.293 e. The lowest BCUT2D eigenvalue weighted by molar-refractivity contribution is -0.427. The zero-order chi connectivity index (χ0) is 18.0. The zero-order valence-electron chi connectivity index (χ0n) is 14.1. The van der Waals surface area contributed by atoms with Crippen molar-refractivity contribution in [3.63, 3.8) is 0 Å². The van der Waals surface area contributed by atoms with Crippen molar-refractivity contribution in [2.75, 3.05) is 21.3 Å². The van der Waals surface area contributed by atoms with Crippen LogP contribution < -0.4 is 18.9 Å². The fourth-order valence-corrected chi connectivity index (χ4v) is 2.71. The fourth-order valence-electron chi connectivity index (χ4n) is 2.71. The molecule has 0 unspecified atom stereocenters. The van der Waals surface area contributed by atoms with Crippen LogP contribution in [0.1, 0.15) is 11.1 Å². The Hall–Kier alpha value is -3.22. The molecular weight excluding hydrogens is 326 g/mol. The van der Waals surface area contributed by atoms with Crippen molar-refractivity contribution in [3.8, 4) is 23.0 Å². The topological polar surface area (TPSA) is 80.1 Å². The highest BCUT2D eigenvalue weighted by molar-refractivity contribution is 5.70. The number of nitrogens with zero attached hydrogens (tertiary/aromatic N) is 1. The first-order valence-electron chi connectivity index (χ1n) is 7.52. The lowest BCUT2D eigenvalue weighted by Crippen LogP contribution is -2.16. The van der Waals surface area contributed by atoms with E-state index in [2.05, 4.69) is 0 Å². The van der Waals surface area contributed by atoms with E-state index in [1.165, 1.54) is 21.3 Å². The monoisotopic (exact) mass is 343 g/mol. The molecule has 7 heteroatoms. The average molecular weight is 343 g/mol. The third-order valence-electron chi connectivity index (χ3n) is 3.94. The molecule has 0 saturated heterocycles. The van der Waals surface area contributed by atoms with Crippen molar-refractivity contribution in [2.24, 2.45) is 0 Å². The van der Waals surface area contributed by atoms with E-state index in [1.807, 2.05) is 0 Å². The van der Waals surface area contributed by atoms with Crippen molar-refractivity contribution in [1.29, 1.82) is 0 Å². The summed E-state index contributed by atoms with van der Waals surface area (Å²) in [6.45, 7) is 0. The second kappa shape index (κ2) is 6.72. The third kappa shape index (κ3) is 3.08. The van der Waals surface area contributed by atoms with Crippen molar-refractivity contribution in [3.05, 3.63) is 63.3 Å². The number of rotatable bonds is 5. The largest absolute Gasteiger partial charge is 0.497 e. The summed E-state index contributed by atoms with van der Waals surface area (Å²) < 4.78 is 21.7. The summed E-state index contributed by atoms with van der Waals surface area (Å²) in [5, 5.41) is 11.6. The summed E-state index contributed by atoms with van der Waals surface area (Å²) in [4.78, 5) is 11.2. The molecule has 0 saturated carbocycles. The van der Waals surface area contributed by atoms with Gasteiger partial charge in [-0.15, -0.1) is 0 Å². The quantitative estimate of drug-likeness (QED) is 0.612. The first-order chi connectivity index (χ1) is 12.1. The van der Waals surface area contributed by atoms with Crippen LogP contribution in [0.4, 0.5) is 0 Å². The van der Waals surface area contributed by atoms with Gasteiger partial charge in [0.1, 0.15) is 11.5 Å². The fraction of sp³-hybridized carbons (Fsp3) is 0.222. The first-order valence-corrected chi connectivity index (χ1v) is 7.52. The van der Waals surface area contributed by atoms with Crippen LogP contribution in [0, 0.1) is 10.1 Å². The van der Waals surface area contributed by atoms with E-state index in [-0.39, 0.29) is 17.9 Å². The van der Waals surface area contributed by atoms with Crippen LogP contribution in [0.15, 0.2) is 42.1 Å². The molecule has 1 aliphatic heterocycles. The summed E-state index contributed by atoms with van der Waals surface area (Å²) in [5.41, 5.74) is 1.17. The minimum Gasteiger partial charge on any atom is -0.497 e. The lowest BCUT2D eigenvalue weighted by Gasteiger charge is -2.22. The van der Waals surface area contributed by atoms with Crippen LogP contribution in [0.3, 0.4) is 0 Å². The summed E-state index contributed by atoms with van der Waals surface area (Å²) in [7, 11) is 4.57. The first kappa shape index (κ1) is 16.6. The number of benzene rings is 2. The average Bonchev–Trinajstić information content (AvgIpc) is 2.65. The Labute approximate surface area is 144 Å². The van der Waals surface area contributed by atoms with E-state index in [4.69, 9.17) is 18.9 Å². The predicted molar refractivity (Wildman–Crippen MR) is 90.8 cm³/mol. The van der Waals surface area contributed by atoms with E-state index in [9.17, 15) is 10.1 Å². The number of ether oxygens (including phenoxy) is 4. The standard InChI is InChI=1S/C18H17NO6/c1-22-13-6-4-5-11(7-13)17-15(19(20)21)9-12-8-14(23-2)10-16(24-3)18(12)25-17/h4-8,10H,9H2,1-3H3. The molecule has 0 atom stereocenters. The molecule has 0 aliphatic carbocycles. The smallest absolute Gasteiger partial charge is 0.293 e. The molecule has 0 fully saturated rings. The van der Waals surface area contributed by atoms with Gasteiger partial charge in [-0.25, -0.2) is 0 Å². The van der Waals surface area contributed by atoms with Gasteiger partial charge >= 0.3 is 0 Å². The summed E-state index contributed by atoms with van der Waals surface area (Å²) in [6, 6.07) is 10.3. The van der Waals surface area contributed by atoms with E-state index >= 15 is 0 Å². The van der Waals surface area contributed by atoms with Crippen molar-refractivity contribution >= 4 is 5.76 Å². The molecule has 0 bridgehead atoms. The van der Waals surface area contributed by atoms with Crippen LogP contribution in [0.5, 0.6) is 23.0 Å². The van der Waals surface area contributed by atoms with Gasteiger partial charge in [0.05, 0.1) is 32.7 Å².